The van der Waals surface area contributed by atoms with Crippen LogP contribution < -0.4 is 5.63 Å². The van der Waals surface area contributed by atoms with E-state index in [1.165, 1.54) is 12.1 Å². The number of carboxylic acid groups (broad SMARTS) is 1. The number of carbonyl (C=O) groups is 1. The molecule has 0 spiro atoms. The molecule has 1 heterocycles. The van der Waals surface area contributed by atoms with Gasteiger partial charge < -0.3 is 9.52 Å². The molecule has 2 aromatic rings. The predicted molar refractivity (Wildman–Crippen MR) is 62.6 cm³/mol. The molecular weight excluding hydrogens is 238 g/mol. The molecule has 0 aliphatic carbocycles. The lowest BCUT2D eigenvalue weighted by Crippen LogP contribution is -2.06. The van der Waals surface area contributed by atoms with Crippen LogP contribution in [0.2, 0.25) is 0 Å². The summed E-state index contributed by atoms with van der Waals surface area (Å²) in [5.41, 5.74) is 8.52. The van der Waals surface area contributed by atoms with Crippen LogP contribution in [0.1, 0.15) is 5.56 Å². The van der Waals surface area contributed by atoms with Gasteiger partial charge in [0.1, 0.15) is 5.58 Å². The number of fused-ring (bicyclic) bond motifs is 1. The Morgan fingerprint density at radius 1 is 1.44 bits per heavy atom. The highest BCUT2D eigenvalue weighted by Gasteiger charge is 2.09. The van der Waals surface area contributed by atoms with E-state index in [2.05, 4.69) is 10.0 Å². The minimum absolute atomic E-state index is 0.198. The van der Waals surface area contributed by atoms with E-state index >= 15 is 0 Å². The first-order valence-corrected chi connectivity index (χ1v) is 4.94. The van der Waals surface area contributed by atoms with Crippen LogP contribution >= 0.6 is 0 Å². The SMILES string of the molecule is [N-]=[N+]=Nc1ccc2c(CC(=O)O)cc(=O)oc2c1. The fraction of sp³-hybridized carbons (Fsp3) is 0.0909. The first kappa shape index (κ1) is 11.7. The Kier molecular flexibility index (Phi) is 2.99. The Labute approximate surface area is 99.9 Å². The topological polar surface area (TPSA) is 116 Å². The van der Waals surface area contributed by atoms with Crippen LogP contribution in [0.5, 0.6) is 0 Å². The van der Waals surface area contributed by atoms with Gasteiger partial charge in [0.25, 0.3) is 0 Å². The van der Waals surface area contributed by atoms with Gasteiger partial charge in [0, 0.05) is 22.1 Å². The minimum atomic E-state index is -1.04. The molecule has 0 amide bonds. The molecule has 0 saturated carbocycles. The van der Waals surface area contributed by atoms with Gasteiger partial charge in [0.2, 0.25) is 0 Å². The van der Waals surface area contributed by atoms with Crippen LogP contribution in [0, 0.1) is 0 Å². The summed E-state index contributed by atoms with van der Waals surface area (Å²) in [6, 6.07) is 5.61. The van der Waals surface area contributed by atoms with Crippen molar-refractivity contribution in [1.29, 1.82) is 0 Å². The minimum Gasteiger partial charge on any atom is -0.481 e. The molecule has 1 aromatic carbocycles. The van der Waals surface area contributed by atoms with Crippen LogP contribution in [0.25, 0.3) is 21.4 Å². The third-order valence-corrected chi connectivity index (χ3v) is 2.32. The summed E-state index contributed by atoms with van der Waals surface area (Å²) < 4.78 is 4.94. The molecule has 0 radical (unpaired) electrons. The Balaban J connectivity index is 2.69. The van der Waals surface area contributed by atoms with Gasteiger partial charge >= 0.3 is 11.6 Å². The van der Waals surface area contributed by atoms with E-state index in [1.807, 2.05) is 0 Å². The average molecular weight is 245 g/mol. The van der Waals surface area contributed by atoms with Gasteiger partial charge in [-0.05, 0) is 17.2 Å². The number of aliphatic carboxylic acids is 1. The second-order valence-electron chi connectivity index (χ2n) is 3.53. The third kappa shape index (κ3) is 2.31. The number of rotatable bonds is 3. The van der Waals surface area contributed by atoms with E-state index in [9.17, 15) is 9.59 Å². The lowest BCUT2D eigenvalue weighted by molar-refractivity contribution is -0.136. The zero-order valence-corrected chi connectivity index (χ0v) is 9.03. The molecule has 0 aliphatic rings. The number of hydrogen-bond donors (Lipinski definition) is 1. The number of carboxylic acids is 1. The first-order chi connectivity index (χ1) is 8.60. The lowest BCUT2D eigenvalue weighted by atomic mass is 10.1. The van der Waals surface area contributed by atoms with Gasteiger partial charge in [0.05, 0.1) is 6.42 Å². The van der Waals surface area contributed by atoms with Crippen molar-refractivity contribution in [3.05, 3.63) is 50.7 Å². The molecule has 90 valence electrons. The maximum Gasteiger partial charge on any atom is 0.336 e. The van der Waals surface area contributed by atoms with E-state index in [-0.39, 0.29) is 12.0 Å². The van der Waals surface area contributed by atoms with Crippen molar-refractivity contribution in [3.8, 4) is 0 Å². The molecule has 7 heteroatoms. The number of nitrogens with zero attached hydrogens (tertiary/aromatic N) is 3. The maximum absolute atomic E-state index is 11.3. The second kappa shape index (κ2) is 4.60. The first-order valence-electron chi connectivity index (χ1n) is 4.94. The normalized spacial score (nSPS) is 10.0. The van der Waals surface area contributed by atoms with Crippen LogP contribution in [0.4, 0.5) is 5.69 Å². The maximum atomic E-state index is 11.3. The molecule has 0 fully saturated rings. The number of azide groups is 1. The van der Waals surface area contributed by atoms with Crippen molar-refractivity contribution in [2.45, 2.75) is 6.42 Å². The van der Waals surface area contributed by atoms with Gasteiger partial charge in [-0.2, -0.15) is 0 Å². The Hall–Kier alpha value is -2.79. The highest BCUT2D eigenvalue weighted by atomic mass is 16.4. The Morgan fingerprint density at radius 2 is 2.22 bits per heavy atom. The quantitative estimate of drug-likeness (QED) is 0.386. The van der Waals surface area contributed by atoms with Crippen LogP contribution in [-0.2, 0) is 11.2 Å². The Bertz CT molecular complexity index is 729. The molecule has 18 heavy (non-hydrogen) atoms. The van der Waals surface area contributed by atoms with Gasteiger partial charge in [-0.3, -0.25) is 4.79 Å². The van der Waals surface area contributed by atoms with Crippen LogP contribution in [0.3, 0.4) is 0 Å². The molecule has 0 atom stereocenters. The Morgan fingerprint density at radius 3 is 2.89 bits per heavy atom. The summed E-state index contributed by atoms with van der Waals surface area (Å²) in [6.07, 6.45) is -0.275. The molecule has 0 aliphatic heterocycles. The summed E-state index contributed by atoms with van der Waals surface area (Å²) in [7, 11) is 0. The van der Waals surface area contributed by atoms with E-state index in [0.29, 0.717) is 16.6 Å². The predicted octanol–water partition coefficient (Wildman–Crippen LogP) is 2.36. The lowest BCUT2D eigenvalue weighted by Gasteiger charge is -2.03. The monoisotopic (exact) mass is 245 g/mol. The zero-order chi connectivity index (χ0) is 13.1. The largest absolute Gasteiger partial charge is 0.481 e. The molecular formula is C11H7N3O4. The van der Waals surface area contributed by atoms with Gasteiger partial charge in [-0.25, -0.2) is 4.79 Å². The molecule has 7 nitrogen and oxygen atoms in total. The molecule has 1 N–H and O–H groups in total. The van der Waals surface area contributed by atoms with Crippen LogP contribution in [0.15, 0.2) is 38.6 Å². The van der Waals surface area contributed by atoms with Crippen molar-refractivity contribution >= 4 is 22.6 Å². The van der Waals surface area contributed by atoms with Crippen molar-refractivity contribution in [3.63, 3.8) is 0 Å². The van der Waals surface area contributed by atoms with E-state index in [4.69, 9.17) is 15.1 Å². The molecule has 2 rings (SSSR count). The van der Waals surface area contributed by atoms with E-state index < -0.39 is 11.6 Å². The molecule has 0 unspecified atom stereocenters. The molecule has 0 bridgehead atoms. The summed E-state index contributed by atoms with van der Waals surface area (Å²) in [5.74, 6) is -1.04. The van der Waals surface area contributed by atoms with E-state index in [1.54, 1.807) is 6.07 Å². The van der Waals surface area contributed by atoms with Gasteiger partial charge in [-0.1, -0.05) is 17.2 Å². The van der Waals surface area contributed by atoms with Crippen molar-refractivity contribution < 1.29 is 14.3 Å². The van der Waals surface area contributed by atoms with Gasteiger partial charge in [0.15, 0.2) is 0 Å². The van der Waals surface area contributed by atoms with Crippen molar-refractivity contribution in [2.24, 2.45) is 5.11 Å². The standard InChI is InChI=1S/C11H7N3O4/c12-14-13-7-1-2-8-6(3-10(15)16)4-11(17)18-9(8)5-7/h1-2,4-5H,3H2,(H,15,16). The highest BCUT2D eigenvalue weighted by Crippen LogP contribution is 2.23. The summed E-state index contributed by atoms with van der Waals surface area (Å²) in [5, 5.41) is 12.6. The van der Waals surface area contributed by atoms with Crippen molar-refractivity contribution in [2.75, 3.05) is 0 Å². The van der Waals surface area contributed by atoms with Crippen molar-refractivity contribution in [1.82, 2.24) is 0 Å². The average Bonchev–Trinajstić information content (AvgIpc) is 2.27. The molecule has 1 aromatic heterocycles. The fourth-order valence-corrected chi connectivity index (χ4v) is 1.64. The van der Waals surface area contributed by atoms with Gasteiger partial charge in [-0.15, -0.1) is 0 Å². The number of hydrogen-bond acceptors (Lipinski definition) is 4. The number of benzene rings is 1. The van der Waals surface area contributed by atoms with Crippen LogP contribution in [-0.4, -0.2) is 11.1 Å². The summed E-state index contributed by atoms with van der Waals surface area (Å²) in [4.78, 5) is 24.6. The molecule has 0 saturated heterocycles. The third-order valence-electron chi connectivity index (χ3n) is 2.32. The fourth-order valence-electron chi connectivity index (χ4n) is 1.64. The van der Waals surface area contributed by atoms with E-state index in [0.717, 1.165) is 6.07 Å². The highest BCUT2D eigenvalue weighted by molar-refractivity contribution is 5.86. The second-order valence-corrected chi connectivity index (χ2v) is 3.53. The smallest absolute Gasteiger partial charge is 0.336 e. The summed E-state index contributed by atoms with van der Waals surface area (Å²) >= 11 is 0. The summed E-state index contributed by atoms with van der Waals surface area (Å²) in [6.45, 7) is 0. The zero-order valence-electron chi connectivity index (χ0n) is 9.03.